The van der Waals surface area contributed by atoms with Crippen molar-refractivity contribution in [2.45, 2.75) is 214 Å². The Hall–Kier alpha value is -2.10. The van der Waals surface area contributed by atoms with Gasteiger partial charge in [0.25, 0.3) is 0 Å². The molecule has 6 heterocycles. The second-order valence-corrected chi connectivity index (χ2v) is 32.5. The Morgan fingerprint density at radius 2 is 1.70 bits per heavy atom. The van der Waals surface area contributed by atoms with Crippen molar-refractivity contribution in [1.82, 2.24) is 5.32 Å². The Bertz CT molecular complexity index is 2760. The van der Waals surface area contributed by atoms with Crippen LogP contribution in [-0.4, -0.2) is 155 Å². The Balaban J connectivity index is 0.961. The summed E-state index contributed by atoms with van der Waals surface area (Å²) in [5, 5.41) is 118. The lowest BCUT2D eigenvalue weighted by Gasteiger charge is -2.68. The van der Waals surface area contributed by atoms with Gasteiger partial charge in [0.2, 0.25) is 5.91 Å². The number of allylic oxidation sites excluding steroid dienone is 2. The number of fused-ring (bicyclic) bond motifs is 1. The van der Waals surface area contributed by atoms with Crippen LogP contribution in [0.4, 0.5) is 5.69 Å². The highest BCUT2D eigenvalue weighted by molar-refractivity contribution is 8.76. The third kappa shape index (κ3) is 8.15. The lowest BCUT2D eigenvalue weighted by molar-refractivity contribution is -0.235. The number of hydrogen-bond acceptors (Lipinski definition) is 16. The van der Waals surface area contributed by atoms with Gasteiger partial charge in [0.1, 0.15) is 28.5 Å². The molecule has 0 aromatic heterocycles. The molecule has 8 bridgehead atoms. The van der Waals surface area contributed by atoms with Crippen molar-refractivity contribution in [3.63, 3.8) is 0 Å². The summed E-state index contributed by atoms with van der Waals surface area (Å²) in [5.41, 5.74) is -11.3. The summed E-state index contributed by atoms with van der Waals surface area (Å²) in [6, 6.07) is 5.40. The number of nitrogens with zero attached hydrogens (tertiary/aromatic N) is 1. The van der Waals surface area contributed by atoms with Crippen molar-refractivity contribution in [3.05, 3.63) is 47.6 Å². The summed E-state index contributed by atoms with van der Waals surface area (Å²) in [6.45, 7) is 8.22. The van der Waals surface area contributed by atoms with Gasteiger partial charge in [0, 0.05) is 78.6 Å². The van der Waals surface area contributed by atoms with Gasteiger partial charge in [0.15, 0.2) is 5.78 Å². The molecule has 22 atom stereocenters. The molecular formula is C66H96N2O13S2. The SMILES string of the molecule is COCCC1CCC(C2CCC3(CN4C(=O)C35C(CO)CCCC5CSSC(O)C35CC(O)C(O)(CO)CC3(C)C3CC6C=CCC(O)(C7OC7C(C)C(C)C)C7CCC(O)(C3=CC5=O)C67CCc3cc(O)cc4c3)C2O)NC12CCCC2. The van der Waals surface area contributed by atoms with Crippen LogP contribution in [0.1, 0.15) is 155 Å². The number of carbonyl (C=O) groups is 2. The van der Waals surface area contributed by atoms with E-state index in [0.717, 1.165) is 67.7 Å². The average Bonchev–Trinajstić information content (AvgIpc) is 2.37. The molecule has 15 nitrogen and oxygen atoms in total. The number of methoxy groups -OCH3 is 1. The number of epoxide rings is 1. The second-order valence-electron chi connectivity index (χ2n) is 30.0. The van der Waals surface area contributed by atoms with Gasteiger partial charge in [0.05, 0.1) is 41.3 Å². The number of aryl methyl sites for hydroxylation is 1. The van der Waals surface area contributed by atoms with E-state index >= 15 is 9.59 Å². The fourth-order valence-corrected chi connectivity index (χ4v) is 25.6. The summed E-state index contributed by atoms with van der Waals surface area (Å²) >= 11 is 0. The quantitative estimate of drug-likeness (QED) is 0.0670. The highest BCUT2D eigenvalue weighted by atomic mass is 33.1. The zero-order chi connectivity index (χ0) is 58.7. The molecule has 9 fully saturated rings. The first-order chi connectivity index (χ1) is 39.5. The summed E-state index contributed by atoms with van der Waals surface area (Å²) in [4.78, 5) is 34.4. The molecule has 6 saturated carbocycles. The summed E-state index contributed by atoms with van der Waals surface area (Å²) < 4.78 is 12.2. The van der Waals surface area contributed by atoms with Crippen molar-refractivity contribution < 1.29 is 65.0 Å². The maximum Gasteiger partial charge on any atom is 0.234 e. The van der Waals surface area contributed by atoms with Crippen LogP contribution >= 0.6 is 21.6 Å². The van der Waals surface area contributed by atoms with Gasteiger partial charge in [-0.25, -0.2) is 0 Å². The molecule has 14 aliphatic rings. The minimum atomic E-state index is -2.03. The van der Waals surface area contributed by atoms with Crippen molar-refractivity contribution in [2.24, 2.45) is 80.3 Å². The zero-order valence-electron chi connectivity index (χ0n) is 49.7. The number of aromatic hydroxyl groups is 1. The predicted octanol–water partition coefficient (Wildman–Crippen LogP) is 7.15. The highest BCUT2D eigenvalue weighted by Crippen LogP contribution is 2.77. The smallest absolute Gasteiger partial charge is 0.234 e. The zero-order valence-corrected chi connectivity index (χ0v) is 51.4. The van der Waals surface area contributed by atoms with E-state index in [1.54, 1.807) is 25.3 Å². The summed E-state index contributed by atoms with van der Waals surface area (Å²) in [6.07, 6.45) is 14.5. The van der Waals surface area contributed by atoms with Gasteiger partial charge in [-0.15, -0.1) is 0 Å². The number of aliphatic hydroxyl groups is 8. The van der Waals surface area contributed by atoms with Crippen molar-refractivity contribution in [2.75, 3.05) is 44.1 Å². The number of rotatable bonds is 9. The number of piperidine rings is 1. The topological polar surface area (TPSA) is 253 Å². The largest absolute Gasteiger partial charge is 0.508 e. The molecule has 17 heteroatoms. The average molecular weight is 1190 g/mol. The Morgan fingerprint density at radius 1 is 0.916 bits per heavy atom. The van der Waals surface area contributed by atoms with Crippen molar-refractivity contribution >= 4 is 39.0 Å². The lowest BCUT2D eigenvalue weighted by Crippen LogP contribution is -2.72. The number of benzene rings is 1. The number of anilines is 1. The first kappa shape index (κ1) is 59.8. The lowest BCUT2D eigenvalue weighted by atomic mass is 9.38. The Kier molecular flexibility index (Phi) is 15.1. The van der Waals surface area contributed by atoms with Crippen LogP contribution in [0.5, 0.6) is 5.75 Å². The van der Waals surface area contributed by atoms with Gasteiger partial charge < -0.3 is 65.6 Å². The highest BCUT2D eigenvalue weighted by Gasteiger charge is 2.80. The molecule has 460 valence electrons. The number of ether oxygens (including phenoxy) is 2. The first-order valence-corrected chi connectivity index (χ1v) is 34.6. The van der Waals surface area contributed by atoms with Crippen LogP contribution in [-0.2, 0) is 25.5 Å². The molecule has 83 heavy (non-hydrogen) atoms. The molecular weight excluding hydrogens is 1090 g/mol. The molecule has 1 aromatic carbocycles. The number of hydrogen-bond donors (Lipinski definition) is 10. The number of ketones is 1. The molecule has 6 aliphatic heterocycles. The van der Waals surface area contributed by atoms with E-state index in [0.29, 0.717) is 80.9 Å². The minimum absolute atomic E-state index is 0.0182. The van der Waals surface area contributed by atoms with Gasteiger partial charge in [-0.2, -0.15) is 0 Å². The number of amides is 1. The predicted molar refractivity (Wildman–Crippen MR) is 318 cm³/mol. The van der Waals surface area contributed by atoms with Crippen LogP contribution < -0.4 is 10.2 Å². The molecule has 22 unspecified atom stereocenters. The van der Waals surface area contributed by atoms with Gasteiger partial charge >= 0.3 is 0 Å². The molecule has 3 saturated heterocycles. The molecule has 1 aromatic rings. The van der Waals surface area contributed by atoms with E-state index in [1.165, 1.54) is 10.8 Å². The maximum atomic E-state index is 16.6. The third-order valence-electron chi connectivity index (χ3n) is 26.9. The minimum Gasteiger partial charge on any atom is -0.508 e. The summed E-state index contributed by atoms with van der Waals surface area (Å²) in [5.74, 6) is -2.03. The number of aliphatic hydroxyl groups excluding tert-OH is 5. The molecule has 10 N–H and O–H groups in total. The fourth-order valence-electron chi connectivity index (χ4n) is 22.6. The molecule has 0 radical (unpaired) electrons. The maximum absolute atomic E-state index is 16.6. The molecule has 5 spiro atoms. The van der Waals surface area contributed by atoms with Gasteiger partial charge in [-0.3, -0.25) is 9.59 Å². The fraction of sp³-hybridized carbons (Fsp3) is 0.818. The molecule has 15 rings (SSSR count). The van der Waals surface area contributed by atoms with E-state index < -0.39 is 104 Å². The normalized spacial score (nSPS) is 49.3. The number of phenols is 1. The Morgan fingerprint density at radius 3 is 2.43 bits per heavy atom. The van der Waals surface area contributed by atoms with Crippen LogP contribution in [0.3, 0.4) is 0 Å². The third-order valence-corrected chi connectivity index (χ3v) is 29.5. The van der Waals surface area contributed by atoms with Crippen molar-refractivity contribution in [1.29, 1.82) is 0 Å². The molecule has 8 aliphatic carbocycles. The van der Waals surface area contributed by atoms with E-state index in [9.17, 15) is 46.0 Å². The van der Waals surface area contributed by atoms with Crippen LogP contribution in [0.15, 0.2) is 42.0 Å². The summed E-state index contributed by atoms with van der Waals surface area (Å²) in [7, 11) is 4.27. The second kappa shape index (κ2) is 21.0. The number of carbonyl (C=O) groups excluding carboxylic acids is 2. The van der Waals surface area contributed by atoms with E-state index in [1.807, 2.05) is 24.0 Å². The van der Waals surface area contributed by atoms with Crippen molar-refractivity contribution in [3.8, 4) is 5.75 Å². The number of nitrogens with one attached hydrogen (secondary N) is 1. The first-order valence-electron chi connectivity index (χ1n) is 32.3. The van der Waals surface area contributed by atoms with E-state index in [4.69, 9.17) is 9.47 Å². The van der Waals surface area contributed by atoms with E-state index in [2.05, 4.69) is 32.2 Å². The van der Waals surface area contributed by atoms with Gasteiger partial charge in [-0.1, -0.05) is 80.7 Å². The molecule has 1 amide bonds. The van der Waals surface area contributed by atoms with Crippen LogP contribution in [0.2, 0.25) is 0 Å². The Labute approximate surface area is 499 Å². The standard InChI is InChI=1S/C66H96N2O13S2/c1-37(2)38(3)53-55(81-53)64(78)21-9-12-41-28-47-48-30-51(72)63(31-52(73)61(77,36-70)34-58(47,63)4)57(76)83-82-33-43-11-8-10-42(32-69)66(43)56(75)68(44-26-39(27-45(71)29-44)15-23-62(41)50(64)17-24-65(48,62)79)35-59(66)22-16-46(54(59)74)49-14-13-40(18-25-80-5)60(67-49)19-6-7-20-60/h9,12,26-27,29-30,37-38,40-43,46-47,49-50,52-55,57,67,69-71,73-74,76-79H,6-8,10-11,13-25,28,31-36H2,1-5H3. The van der Waals surface area contributed by atoms with Gasteiger partial charge in [-0.05, 0) is 185 Å². The van der Waals surface area contributed by atoms with Crippen LogP contribution in [0.25, 0.3) is 0 Å². The number of phenolic OH excluding ortho intramolecular Hbond substituents is 1. The van der Waals surface area contributed by atoms with E-state index in [-0.39, 0.29) is 91.8 Å². The monoisotopic (exact) mass is 1190 g/mol. The van der Waals surface area contributed by atoms with Crippen LogP contribution in [0, 0.1) is 80.3 Å².